The van der Waals surface area contributed by atoms with E-state index in [9.17, 15) is 9.90 Å². The van der Waals surface area contributed by atoms with Crippen LogP contribution in [0.25, 0.3) is 0 Å². The van der Waals surface area contributed by atoms with Gasteiger partial charge in [-0.1, -0.05) is 37.3 Å². The molecule has 4 nitrogen and oxygen atoms in total. The van der Waals surface area contributed by atoms with E-state index in [0.29, 0.717) is 13.1 Å². The Morgan fingerprint density at radius 2 is 2.00 bits per heavy atom. The molecule has 2 rings (SSSR count). The zero-order chi connectivity index (χ0) is 14.0. The van der Waals surface area contributed by atoms with Crippen LogP contribution in [-0.2, 0) is 10.4 Å². The van der Waals surface area contributed by atoms with E-state index in [4.69, 9.17) is 5.11 Å². The number of nitrogens with zero attached hydrogens (tertiary/aromatic N) is 1. The van der Waals surface area contributed by atoms with Gasteiger partial charge in [-0.15, -0.1) is 0 Å². The Balaban J connectivity index is 2.04. The average molecular weight is 263 g/mol. The molecular weight excluding hydrogens is 242 g/mol. The van der Waals surface area contributed by atoms with Crippen LogP contribution in [0.2, 0.25) is 0 Å². The molecule has 104 valence electrons. The fraction of sp³-hybridized carbons (Fsp3) is 0.533. The van der Waals surface area contributed by atoms with Crippen LogP contribution in [0.4, 0.5) is 0 Å². The van der Waals surface area contributed by atoms with Crippen LogP contribution in [0.15, 0.2) is 30.3 Å². The van der Waals surface area contributed by atoms with Gasteiger partial charge in [-0.3, -0.25) is 9.69 Å². The lowest BCUT2D eigenvalue weighted by Gasteiger charge is -2.29. The molecule has 4 heteroatoms. The first-order valence-corrected chi connectivity index (χ1v) is 6.63. The monoisotopic (exact) mass is 263 g/mol. The number of carbonyl (C=O) groups is 1. The van der Waals surface area contributed by atoms with Crippen molar-refractivity contribution in [1.29, 1.82) is 0 Å². The van der Waals surface area contributed by atoms with Crippen LogP contribution in [0, 0.1) is 11.8 Å². The van der Waals surface area contributed by atoms with Crippen molar-refractivity contribution in [2.24, 2.45) is 11.8 Å². The second-order valence-corrected chi connectivity index (χ2v) is 5.76. The lowest BCUT2D eigenvalue weighted by atomic mass is 9.95. The number of β-amino-alcohol motifs (C(OH)–C–C–N with tert-alkyl or cyclic N) is 1. The lowest BCUT2D eigenvalue weighted by molar-refractivity contribution is -0.142. The highest BCUT2D eigenvalue weighted by atomic mass is 16.4. The third-order valence-electron chi connectivity index (χ3n) is 3.93. The summed E-state index contributed by atoms with van der Waals surface area (Å²) in [6.07, 6.45) is 0. The van der Waals surface area contributed by atoms with Gasteiger partial charge >= 0.3 is 5.97 Å². The Kier molecular flexibility index (Phi) is 3.92. The van der Waals surface area contributed by atoms with Gasteiger partial charge < -0.3 is 10.2 Å². The zero-order valence-corrected chi connectivity index (χ0v) is 11.4. The first-order valence-electron chi connectivity index (χ1n) is 6.63. The number of likely N-dealkylation sites (tertiary alicyclic amines) is 1. The third-order valence-corrected chi connectivity index (χ3v) is 3.93. The van der Waals surface area contributed by atoms with E-state index in [1.165, 1.54) is 0 Å². The lowest BCUT2D eigenvalue weighted by Crippen LogP contribution is -2.38. The summed E-state index contributed by atoms with van der Waals surface area (Å²) in [5.41, 5.74) is -0.0876. The molecule has 0 amide bonds. The quantitative estimate of drug-likeness (QED) is 0.865. The average Bonchev–Trinajstić information content (AvgIpc) is 2.71. The van der Waals surface area contributed by atoms with Crippen LogP contribution in [0.5, 0.6) is 0 Å². The van der Waals surface area contributed by atoms with Gasteiger partial charge in [-0.25, -0.2) is 0 Å². The van der Waals surface area contributed by atoms with E-state index in [0.717, 1.165) is 12.1 Å². The minimum atomic E-state index is -0.950. The summed E-state index contributed by atoms with van der Waals surface area (Å²) in [4.78, 5) is 13.1. The largest absolute Gasteiger partial charge is 0.481 e. The van der Waals surface area contributed by atoms with Crippen molar-refractivity contribution >= 4 is 5.97 Å². The highest BCUT2D eigenvalue weighted by molar-refractivity contribution is 5.71. The van der Waals surface area contributed by atoms with Gasteiger partial charge in [0.05, 0.1) is 11.5 Å². The number of rotatable bonds is 4. The maximum absolute atomic E-state index is 11.1. The van der Waals surface area contributed by atoms with Crippen molar-refractivity contribution in [2.75, 3.05) is 19.6 Å². The molecule has 0 aliphatic carbocycles. The molecule has 19 heavy (non-hydrogen) atoms. The maximum atomic E-state index is 11.1. The molecule has 3 atom stereocenters. The second-order valence-electron chi connectivity index (χ2n) is 5.76. The molecule has 1 aromatic rings. The second kappa shape index (κ2) is 5.31. The van der Waals surface area contributed by atoms with E-state index in [1.807, 2.05) is 42.2 Å². The van der Waals surface area contributed by atoms with Crippen LogP contribution in [0.1, 0.15) is 19.4 Å². The van der Waals surface area contributed by atoms with Crippen LogP contribution in [0.3, 0.4) is 0 Å². The summed E-state index contributed by atoms with van der Waals surface area (Å²) in [7, 11) is 0. The molecule has 3 unspecified atom stereocenters. The minimum Gasteiger partial charge on any atom is -0.481 e. The van der Waals surface area contributed by atoms with Crippen molar-refractivity contribution in [1.82, 2.24) is 4.90 Å². The van der Waals surface area contributed by atoms with Crippen molar-refractivity contribution in [3.05, 3.63) is 35.9 Å². The molecule has 1 aromatic carbocycles. The van der Waals surface area contributed by atoms with Gasteiger partial charge in [-0.05, 0) is 18.4 Å². The van der Waals surface area contributed by atoms with Gasteiger partial charge in [0, 0.05) is 19.6 Å². The number of aliphatic carboxylic acids is 1. The molecule has 0 bridgehead atoms. The van der Waals surface area contributed by atoms with Crippen molar-refractivity contribution in [2.45, 2.75) is 19.4 Å². The van der Waals surface area contributed by atoms with Gasteiger partial charge in [-0.2, -0.15) is 0 Å². The van der Waals surface area contributed by atoms with E-state index >= 15 is 0 Å². The van der Waals surface area contributed by atoms with Crippen molar-refractivity contribution < 1.29 is 15.0 Å². The minimum absolute atomic E-state index is 0.129. The molecule has 1 aliphatic heterocycles. The molecule has 2 N–H and O–H groups in total. The molecule has 1 saturated heterocycles. The van der Waals surface area contributed by atoms with Crippen molar-refractivity contribution in [3.63, 3.8) is 0 Å². The molecule has 1 fully saturated rings. The molecule has 0 aromatic heterocycles. The van der Waals surface area contributed by atoms with E-state index in [2.05, 4.69) is 0 Å². The van der Waals surface area contributed by atoms with E-state index in [1.54, 1.807) is 6.92 Å². The molecule has 1 heterocycles. The number of carboxylic acid groups (broad SMARTS) is 1. The number of benzene rings is 1. The summed E-state index contributed by atoms with van der Waals surface area (Å²) in [5, 5.41) is 19.7. The van der Waals surface area contributed by atoms with E-state index in [-0.39, 0.29) is 11.8 Å². The van der Waals surface area contributed by atoms with Crippen LogP contribution < -0.4 is 0 Å². The summed E-state index contributed by atoms with van der Waals surface area (Å²) in [6, 6.07) is 9.51. The number of hydrogen-bond acceptors (Lipinski definition) is 3. The highest BCUT2D eigenvalue weighted by Gasteiger charge is 2.37. The number of carboxylic acids is 1. The molecule has 0 saturated carbocycles. The normalized spacial score (nSPS) is 27.1. The Hall–Kier alpha value is -1.39. The molecule has 0 spiro atoms. The number of aliphatic hydroxyl groups is 1. The maximum Gasteiger partial charge on any atom is 0.308 e. The first-order chi connectivity index (χ1) is 8.90. The first kappa shape index (κ1) is 14.0. The van der Waals surface area contributed by atoms with Crippen molar-refractivity contribution in [3.8, 4) is 0 Å². The summed E-state index contributed by atoms with van der Waals surface area (Å²) < 4.78 is 0. The number of hydrogen-bond donors (Lipinski definition) is 2. The van der Waals surface area contributed by atoms with Crippen LogP contribution in [-0.4, -0.2) is 40.7 Å². The van der Waals surface area contributed by atoms with Crippen LogP contribution >= 0.6 is 0 Å². The topological polar surface area (TPSA) is 60.8 Å². The van der Waals surface area contributed by atoms with Gasteiger partial charge in [0.15, 0.2) is 0 Å². The van der Waals surface area contributed by atoms with Gasteiger partial charge in [0.1, 0.15) is 0 Å². The zero-order valence-electron chi connectivity index (χ0n) is 11.4. The standard InChI is InChI=1S/C15H21NO3/c1-11-8-16(9-13(11)14(17)18)10-15(2,19)12-6-4-3-5-7-12/h3-7,11,13,19H,8-10H2,1-2H3,(H,17,18). The fourth-order valence-electron chi connectivity index (χ4n) is 2.84. The smallest absolute Gasteiger partial charge is 0.308 e. The van der Waals surface area contributed by atoms with Gasteiger partial charge in [0.2, 0.25) is 0 Å². The molecular formula is C15H21NO3. The Bertz CT molecular complexity index is 444. The highest BCUT2D eigenvalue weighted by Crippen LogP contribution is 2.28. The Morgan fingerprint density at radius 1 is 1.37 bits per heavy atom. The molecule has 1 aliphatic rings. The summed E-state index contributed by atoms with van der Waals surface area (Å²) >= 11 is 0. The SMILES string of the molecule is CC1CN(CC(C)(O)c2ccccc2)CC1C(=O)O. The molecule has 0 radical (unpaired) electrons. The fourth-order valence-corrected chi connectivity index (χ4v) is 2.84. The van der Waals surface area contributed by atoms with Gasteiger partial charge in [0.25, 0.3) is 0 Å². The Morgan fingerprint density at radius 3 is 2.53 bits per heavy atom. The summed E-state index contributed by atoms with van der Waals surface area (Å²) in [6.45, 7) is 5.43. The Labute approximate surface area is 113 Å². The predicted molar refractivity (Wildman–Crippen MR) is 72.7 cm³/mol. The predicted octanol–water partition coefficient (Wildman–Crippen LogP) is 1.55. The van der Waals surface area contributed by atoms with E-state index < -0.39 is 11.6 Å². The summed E-state index contributed by atoms with van der Waals surface area (Å²) in [5.74, 6) is -0.940. The third kappa shape index (κ3) is 3.14.